The standard InChI is InChI=1S/C20H21FN6O3/c1-3-14-10-29-16-8-27-17-15(6-23-27)19(28)24-11(2)9-30-20-12(4-13(21)5-22-20)7-26(14)18(16)25-17/h4-6,8,11,14H,3,7,9-10H2,1-2H3,(H,24,28)/t11-,14-/m1/s1. The zero-order valence-electron chi connectivity index (χ0n) is 16.6. The van der Waals surface area contributed by atoms with E-state index in [4.69, 9.17) is 14.5 Å². The minimum Gasteiger partial charge on any atom is -0.486 e. The molecule has 30 heavy (non-hydrogen) atoms. The van der Waals surface area contributed by atoms with Gasteiger partial charge in [0.15, 0.2) is 17.2 Å². The number of ether oxygens (including phenoxy) is 2. The second-order valence-corrected chi connectivity index (χ2v) is 7.56. The fraction of sp³-hybridized carbons (Fsp3) is 0.400. The van der Waals surface area contributed by atoms with Crippen LogP contribution in [-0.4, -0.2) is 50.8 Å². The van der Waals surface area contributed by atoms with Crippen molar-refractivity contribution >= 4 is 17.4 Å². The molecular weight excluding hydrogens is 391 g/mol. The lowest BCUT2D eigenvalue weighted by Gasteiger charge is -2.37. The number of pyridine rings is 1. The van der Waals surface area contributed by atoms with Gasteiger partial charge in [-0.25, -0.2) is 18.9 Å². The largest absolute Gasteiger partial charge is 0.486 e. The van der Waals surface area contributed by atoms with Gasteiger partial charge in [0, 0.05) is 5.56 Å². The number of amides is 1. The third-order valence-electron chi connectivity index (χ3n) is 5.38. The number of fused-ring (bicyclic) bond motifs is 1. The monoisotopic (exact) mass is 412 g/mol. The SMILES string of the molecule is CC[C@@H]1COc2cn3ncc4c3nc2N1Cc1cc(F)cnc1OC[C@@H](C)NC4=O. The summed E-state index contributed by atoms with van der Waals surface area (Å²) in [5.41, 5.74) is 1.40. The molecule has 3 aromatic heterocycles. The first kappa shape index (κ1) is 18.6. The van der Waals surface area contributed by atoms with E-state index in [0.29, 0.717) is 47.4 Å². The number of rotatable bonds is 1. The van der Waals surface area contributed by atoms with Crippen LogP contribution in [0.3, 0.4) is 0 Å². The van der Waals surface area contributed by atoms with Crippen molar-refractivity contribution < 1.29 is 18.7 Å². The summed E-state index contributed by atoms with van der Waals surface area (Å²) in [6, 6.07) is 1.15. The summed E-state index contributed by atoms with van der Waals surface area (Å²) in [7, 11) is 0. The van der Waals surface area contributed by atoms with E-state index in [2.05, 4.69) is 27.2 Å². The van der Waals surface area contributed by atoms with E-state index < -0.39 is 5.82 Å². The van der Waals surface area contributed by atoms with Gasteiger partial charge in [-0.3, -0.25) is 4.79 Å². The van der Waals surface area contributed by atoms with Gasteiger partial charge < -0.3 is 19.7 Å². The Kier molecular flexibility index (Phi) is 4.41. The molecule has 1 amide bonds. The maximum Gasteiger partial charge on any atom is 0.257 e. The minimum absolute atomic E-state index is 0.0211. The Hall–Kier alpha value is -3.43. The van der Waals surface area contributed by atoms with Gasteiger partial charge in [-0.1, -0.05) is 6.92 Å². The van der Waals surface area contributed by atoms with Crippen molar-refractivity contribution in [3.05, 3.63) is 41.6 Å². The molecule has 0 saturated carbocycles. The first-order valence-electron chi connectivity index (χ1n) is 9.89. The van der Waals surface area contributed by atoms with Crippen molar-refractivity contribution in [1.82, 2.24) is 24.9 Å². The number of anilines is 1. The van der Waals surface area contributed by atoms with Gasteiger partial charge in [-0.15, -0.1) is 0 Å². The highest BCUT2D eigenvalue weighted by atomic mass is 19.1. The van der Waals surface area contributed by atoms with Crippen LogP contribution < -0.4 is 19.7 Å². The third-order valence-corrected chi connectivity index (χ3v) is 5.38. The molecule has 0 fully saturated rings. The minimum atomic E-state index is -0.439. The lowest BCUT2D eigenvalue weighted by Crippen LogP contribution is -2.43. The molecule has 10 heteroatoms. The molecule has 0 unspecified atom stereocenters. The fourth-order valence-corrected chi connectivity index (χ4v) is 3.79. The van der Waals surface area contributed by atoms with Crippen LogP contribution in [0.25, 0.3) is 5.65 Å². The molecule has 0 spiro atoms. The van der Waals surface area contributed by atoms with E-state index in [1.54, 1.807) is 6.20 Å². The van der Waals surface area contributed by atoms with Crippen LogP contribution in [0.5, 0.6) is 11.6 Å². The van der Waals surface area contributed by atoms with E-state index >= 15 is 0 Å². The van der Waals surface area contributed by atoms with Gasteiger partial charge in [-0.05, 0) is 19.4 Å². The Morgan fingerprint density at radius 3 is 3.00 bits per heavy atom. The molecule has 2 aliphatic heterocycles. The molecular formula is C20H21FN6O3. The molecule has 3 aromatic rings. The van der Waals surface area contributed by atoms with Crippen LogP contribution >= 0.6 is 0 Å². The van der Waals surface area contributed by atoms with Crippen LogP contribution in [0, 0.1) is 5.82 Å². The van der Waals surface area contributed by atoms with Gasteiger partial charge in [0.1, 0.15) is 24.6 Å². The van der Waals surface area contributed by atoms with Gasteiger partial charge in [0.2, 0.25) is 5.88 Å². The molecule has 0 aliphatic carbocycles. The topological polar surface area (TPSA) is 93.9 Å². The molecule has 0 aromatic carbocycles. The summed E-state index contributed by atoms with van der Waals surface area (Å²) < 4.78 is 27.3. The number of nitrogens with one attached hydrogen (secondary N) is 1. The molecule has 156 valence electrons. The van der Waals surface area contributed by atoms with E-state index in [9.17, 15) is 9.18 Å². The Balaban J connectivity index is 1.70. The summed E-state index contributed by atoms with van der Waals surface area (Å²) in [6.07, 6.45) is 5.14. The fourth-order valence-electron chi connectivity index (χ4n) is 3.79. The zero-order valence-corrected chi connectivity index (χ0v) is 16.6. The maximum atomic E-state index is 14.0. The lowest BCUT2D eigenvalue weighted by molar-refractivity contribution is 0.0927. The van der Waals surface area contributed by atoms with Crippen molar-refractivity contribution in [2.75, 3.05) is 18.1 Å². The van der Waals surface area contributed by atoms with E-state index in [1.165, 1.54) is 16.8 Å². The average molecular weight is 412 g/mol. The van der Waals surface area contributed by atoms with Gasteiger partial charge >= 0.3 is 0 Å². The van der Waals surface area contributed by atoms with Crippen LogP contribution in [0.4, 0.5) is 10.2 Å². The molecule has 9 nitrogen and oxygen atoms in total. The van der Waals surface area contributed by atoms with E-state index in [-0.39, 0.29) is 24.6 Å². The zero-order chi connectivity index (χ0) is 20.8. The number of hydrogen-bond donors (Lipinski definition) is 1. The van der Waals surface area contributed by atoms with E-state index in [1.807, 2.05) is 6.92 Å². The van der Waals surface area contributed by atoms with Crippen molar-refractivity contribution in [3.63, 3.8) is 0 Å². The highest BCUT2D eigenvalue weighted by Gasteiger charge is 2.31. The summed E-state index contributed by atoms with van der Waals surface area (Å²) >= 11 is 0. The van der Waals surface area contributed by atoms with Gasteiger partial charge in [0.05, 0.1) is 37.2 Å². The van der Waals surface area contributed by atoms with Crippen molar-refractivity contribution in [2.24, 2.45) is 0 Å². The second kappa shape index (κ2) is 7.12. The van der Waals surface area contributed by atoms with Crippen LogP contribution in [0.1, 0.15) is 36.2 Å². The summed E-state index contributed by atoms with van der Waals surface area (Å²) in [4.78, 5) is 23.7. The number of halogens is 1. The summed E-state index contributed by atoms with van der Waals surface area (Å²) in [5.74, 6) is 0.736. The Labute approximate surface area is 171 Å². The van der Waals surface area contributed by atoms with Crippen LogP contribution in [0.15, 0.2) is 24.7 Å². The van der Waals surface area contributed by atoms with Crippen molar-refractivity contribution in [1.29, 1.82) is 0 Å². The normalized spacial score (nSPS) is 21.0. The average Bonchev–Trinajstić information content (AvgIpc) is 3.14. The van der Waals surface area contributed by atoms with Crippen LogP contribution in [0.2, 0.25) is 0 Å². The third kappa shape index (κ3) is 3.08. The number of carbonyl (C=O) groups is 1. The molecule has 2 aliphatic rings. The van der Waals surface area contributed by atoms with Gasteiger partial charge in [0.25, 0.3) is 5.91 Å². The molecule has 5 heterocycles. The van der Waals surface area contributed by atoms with Crippen LogP contribution in [-0.2, 0) is 6.54 Å². The maximum absolute atomic E-state index is 14.0. The van der Waals surface area contributed by atoms with Gasteiger partial charge in [-0.2, -0.15) is 5.10 Å². The Morgan fingerprint density at radius 1 is 1.30 bits per heavy atom. The Bertz CT molecular complexity index is 1130. The summed E-state index contributed by atoms with van der Waals surface area (Å²) in [6.45, 7) is 4.88. The number of nitrogens with zero attached hydrogens (tertiary/aromatic N) is 5. The van der Waals surface area contributed by atoms with Crippen molar-refractivity contribution in [3.8, 4) is 11.6 Å². The first-order chi connectivity index (χ1) is 14.5. The molecule has 1 N–H and O–H groups in total. The molecule has 2 bridgehead atoms. The van der Waals surface area contributed by atoms with E-state index in [0.717, 1.165) is 12.6 Å². The number of aromatic nitrogens is 4. The van der Waals surface area contributed by atoms with Crippen molar-refractivity contribution in [2.45, 2.75) is 38.9 Å². The molecule has 2 atom stereocenters. The predicted molar refractivity (Wildman–Crippen MR) is 105 cm³/mol. The smallest absolute Gasteiger partial charge is 0.257 e. The molecule has 0 radical (unpaired) electrons. The highest BCUT2D eigenvalue weighted by molar-refractivity contribution is 6.00. The number of hydrogen-bond acceptors (Lipinski definition) is 7. The highest BCUT2D eigenvalue weighted by Crippen LogP contribution is 2.36. The molecule has 0 saturated heterocycles. The number of carbonyl (C=O) groups excluding carboxylic acids is 1. The quantitative estimate of drug-likeness (QED) is 0.653. The lowest BCUT2D eigenvalue weighted by atomic mass is 10.1. The Morgan fingerprint density at radius 2 is 2.17 bits per heavy atom. The first-order valence-corrected chi connectivity index (χ1v) is 9.89. The summed E-state index contributed by atoms with van der Waals surface area (Å²) in [5, 5.41) is 7.14. The molecule has 5 rings (SSSR count). The second-order valence-electron chi connectivity index (χ2n) is 7.56. The predicted octanol–water partition coefficient (Wildman–Crippen LogP) is 1.95.